The molecule has 2 heterocycles. The second-order valence-corrected chi connectivity index (χ2v) is 9.45. The maximum Gasteiger partial charge on any atom is 0.253 e. The number of ether oxygens (including phenoxy) is 3. The SMILES string of the molecule is COc1cc(C2CC(=O)c3cn4nc(SCc5cccc(C)c5)nc4nc3C2)cc(OC)c1OC. The highest BCUT2D eigenvalue weighted by atomic mass is 32.2. The first-order valence-corrected chi connectivity index (χ1v) is 12.3. The quantitative estimate of drug-likeness (QED) is 0.346. The number of nitrogens with zero attached hydrogens (tertiary/aromatic N) is 4. The van der Waals surface area contributed by atoms with Crippen LogP contribution in [0.15, 0.2) is 47.8 Å². The molecule has 0 saturated carbocycles. The summed E-state index contributed by atoms with van der Waals surface area (Å²) in [6, 6.07) is 12.2. The molecule has 0 spiro atoms. The molecule has 35 heavy (non-hydrogen) atoms. The minimum Gasteiger partial charge on any atom is -0.493 e. The largest absolute Gasteiger partial charge is 0.493 e. The van der Waals surface area contributed by atoms with Crippen LogP contribution in [0.25, 0.3) is 5.78 Å². The van der Waals surface area contributed by atoms with Gasteiger partial charge in [-0.05, 0) is 42.5 Å². The van der Waals surface area contributed by atoms with Gasteiger partial charge in [-0.3, -0.25) is 4.79 Å². The molecule has 1 aliphatic carbocycles. The van der Waals surface area contributed by atoms with E-state index in [1.54, 1.807) is 43.8 Å². The predicted molar refractivity (Wildman–Crippen MR) is 133 cm³/mol. The summed E-state index contributed by atoms with van der Waals surface area (Å²) < 4.78 is 18.0. The van der Waals surface area contributed by atoms with Crippen molar-refractivity contribution in [2.24, 2.45) is 0 Å². The number of hydrogen-bond acceptors (Lipinski definition) is 8. The Balaban J connectivity index is 1.42. The second kappa shape index (κ2) is 9.58. The van der Waals surface area contributed by atoms with Crippen LogP contribution in [-0.2, 0) is 12.2 Å². The minimum absolute atomic E-state index is 0.0314. The topological polar surface area (TPSA) is 87.8 Å². The number of thioether (sulfide) groups is 1. The molecule has 0 amide bonds. The Morgan fingerprint density at radius 2 is 1.80 bits per heavy atom. The number of fused-ring (bicyclic) bond motifs is 2. The second-order valence-electron chi connectivity index (χ2n) is 8.50. The lowest BCUT2D eigenvalue weighted by atomic mass is 9.82. The minimum atomic E-state index is -0.0586. The van der Waals surface area contributed by atoms with Crippen molar-refractivity contribution in [3.05, 3.63) is 70.5 Å². The average molecular weight is 491 g/mol. The van der Waals surface area contributed by atoms with Crippen molar-refractivity contribution in [2.45, 2.75) is 36.6 Å². The van der Waals surface area contributed by atoms with Crippen molar-refractivity contribution in [1.82, 2.24) is 19.6 Å². The molecule has 9 heteroatoms. The van der Waals surface area contributed by atoms with Crippen molar-refractivity contribution in [2.75, 3.05) is 21.3 Å². The Hall–Kier alpha value is -3.59. The average Bonchev–Trinajstić information content (AvgIpc) is 3.27. The summed E-state index contributed by atoms with van der Waals surface area (Å²) in [5, 5.41) is 5.18. The van der Waals surface area contributed by atoms with E-state index in [1.807, 2.05) is 18.2 Å². The van der Waals surface area contributed by atoms with Crippen LogP contribution in [0.5, 0.6) is 17.2 Å². The lowest BCUT2D eigenvalue weighted by molar-refractivity contribution is 0.0962. The maximum absolute atomic E-state index is 13.1. The van der Waals surface area contributed by atoms with E-state index < -0.39 is 0 Å². The number of rotatable bonds is 7. The maximum atomic E-state index is 13.1. The van der Waals surface area contributed by atoms with Gasteiger partial charge in [0.15, 0.2) is 17.3 Å². The Bertz CT molecular complexity index is 1390. The standard InChI is InChI=1S/C26H26N4O4S/c1-15-6-5-7-16(8-15)14-35-26-28-25-27-20-9-17(10-21(31)19(20)13-30(25)29-26)18-11-22(32-2)24(34-4)23(12-18)33-3/h5-8,11-13,17H,9-10,14H2,1-4H3. The summed E-state index contributed by atoms with van der Waals surface area (Å²) in [6.45, 7) is 2.08. The first-order valence-electron chi connectivity index (χ1n) is 11.3. The number of aryl methyl sites for hydroxylation is 1. The van der Waals surface area contributed by atoms with E-state index in [1.165, 1.54) is 11.1 Å². The molecule has 0 bridgehead atoms. The van der Waals surface area contributed by atoms with Gasteiger partial charge in [-0.1, -0.05) is 41.6 Å². The van der Waals surface area contributed by atoms with Gasteiger partial charge in [0.1, 0.15) is 0 Å². The summed E-state index contributed by atoms with van der Waals surface area (Å²) in [5.41, 5.74) is 4.71. The van der Waals surface area contributed by atoms with Crippen LogP contribution < -0.4 is 14.2 Å². The highest BCUT2D eigenvalue weighted by molar-refractivity contribution is 7.98. The van der Waals surface area contributed by atoms with Crippen LogP contribution in [-0.4, -0.2) is 46.7 Å². The number of aromatic nitrogens is 4. The van der Waals surface area contributed by atoms with E-state index in [0.717, 1.165) is 17.0 Å². The van der Waals surface area contributed by atoms with Crippen LogP contribution in [0.4, 0.5) is 0 Å². The fraction of sp³-hybridized carbons (Fsp3) is 0.308. The predicted octanol–water partition coefficient (Wildman–Crippen LogP) is 4.66. The van der Waals surface area contributed by atoms with Gasteiger partial charge in [0.2, 0.25) is 10.9 Å². The number of Topliss-reactive ketones (excluding diaryl/α,β-unsaturated/α-hetero) is 1. The highest BCUT2D eigenvalue weighted by Gasteiger charge is 2.30. The Morgan fingerprint density at radius 3 is 2.49 bits per heavy atom. The summed E-state index contributed by atoms with van der Waals surface area (Å²) in [4.78, 5) is 22.4. The number of carbonyl (C=O) groups is 1. The number of hydrogen-bond donors (Lipinski definition) is 0. The smallest absolute Gasteiger partial charge is 0.253 e. The summed E-state index contributed by atoms with van der Waals surface area (Å²) >= 11 is 1.55. The molecule has 1 unspecified atom stereocenters. The van der Waals surface area contributed by atoms with Crippen LogP contribution in [0.1, 0.15) is 45.1 Å². The van der Waals surface area contributed by atoms with Crippen LogP contribution in [0.2, 0.25) is 0 Å². The van der Waals surface area contributed by atoms with Gasteiger partial charge < -0.3 is 14.2 Å². The third kappa shape index (κ3) is 4.55. The van der Waals surface area contributed by atoms with Crippen molar-refractivity contribution < 1.29 is 19.0 Å². The van der Waals surface area contributed by atoms with Crippen molar-refractivity contribution in [3.63, 3.8) is 0 Å². The van der Waals surface area contributed by atoms with Gasteiger partial charge in [-0.2, -0.15) is 4.98 Å². The number of ketones is 1. The summed E-state index contributed by atoms with van der Waals surface area (Å²) in [6.07, 6.45) is 2.73. The van der Waals surface area contributed by atoms with E-state index in [0.29, 0.717) is 46.6 Å². The lowest BCUT2D eigenvalue weighted by Gasteiger charge is -2.24. The molecule has 0 saturated heterocycles. The van der Waals surface area contributed by atoms with Gasteiger partial charge in [-0.15, -0.1) is 5.10 Å². The molecule has 5 rings (SSSR count). The molecule has 0 N–H and O–H groups in total. The van der Waals surface area contributed by atoms with E-state index in [-0.39, 0.29) is 11.7 Å². The zero-order valence-corrected chi connectivity index (χ0v) is 20.9. The Labute approximate surface area is 207 Å². The first-order chi connectivity index (χ1) is 17.0. The van der Waals surface area contributed by atoms with Crippen LogP contribution >= 0.6 is 11.8 Å². The third-order valence-electron chi connectivity index (χ3n) is 6.17. The van der Waals surface area contributed by atoms with Gasteiger partial charge in [0.25, 0.3) is 5.78 Å². The molecule has 2 aromatic heterocycles. The van der Waals surface area contributed by atoms with E-state index in [2.05, 4.69) is 35.2 Å². The van der Waals surface area contributed by atoms with E-state index in [9.17, 15) is 4.79 Å². The van der Waals surface area contributed by atoms with Crippen LogP contribution in [0, 0.1) is 6.92 Å². The van der Waals surface area contributed by atoms with Gasteiger partial charge in [0.05, 0.1) is 32.6 Å². The molecule has 2 aromatic carbocycles. The number of carbonyl (C=O) groups excluding carboxylic acids is 1. The fourth-order valence-corrected chi connectivity index (χ4v) is 5.22. The Morgan fingerprint density at radius 1 is 1.03 bits per heavy atom. The molecule has 4 aromatic rings. The molecule has 0 radical (unpaired) electrons. The molecule has 0 aliphatic heterocycles. The molecule has 180 valence electrons. The third-order valence-corrected chi connectivity index (χ3v) is 7.08. The monoisotopic (exact) mass is 490 g/mol. The first kappa shape index (κ1) is 23.2. The molecular formula is C26H26N4O4S. The zero-order chi connectivity index (χ0) is 24.5. The molecule has 0 fully saturated rings. The molecule has 1 atom stereocenters. The lowest BCUT2D eigenvalue weighted by Crippen LogP contribution is -2.21. The number of methoxy groups -OCH3 is 3. The van der Waals surface area contributed by atoms with Crippen molar-refractivity contribution in [1.29, 1.82) is 0 Å². The van der Waals surface area contributed by atoms with E-state index in [4.69, 9.17) is 19.2 Å². The molecule has 8 nitrogen and oxygen atoms in total. The van der Waals surface area contributed by atoms with E-state index >= 15 is 0 Å². The Kier molecular flexibility index (Phi) is 6.34. The van der Waals surface area contributed by atoms with Gasteiger partial charge >= 0.3 is 0 Å². The normalized spacial score (nSPS) is 15.2. The van der Waals surface area contributed by atoms with Crippen molar-refractivity contribution >= 4 is 23.3 Å². The highest BCUT2D eigenvalue weighted by Crippen LogP contribution is 2.42. The van der Waals surface area contributed by atoms with Gasteiger partial charge in [0, 0.05) is 18.4 Å². The molecular weight excluding hydrogens is 464 g/mol. The summed E-state index contributed by atoms with van der Waals surface area (Å²) in [7, 11) is 4.74. The molecule has 1 aliphatic rings. The van der Waals surface area contributed by atoms with Gasteiger partial charge in [-0.25, -0.2) is 9.50 Å². The fourth-order valence-electron chi connectivity index (χ4n) is 4.45. The van der Waals surface area contributed by atoms with Crippen molar-refractivity contribution in [3.8, 4) is 17.2 Å². The number of benzene rings is 2. The zero-order valence-electron chi connectivity index (χ0n) is 20.1. The van der Waals surface area contributed by atoms with Crippen LogP contribution in [0.3, 0.4) is 0 Å². The summed E-state index contributed by atoms with van der Waals surface area (Å²) in [5.74, 6) is 2.89.